The molecule has 1 atom stereocenters. The van der Waals surface area contributed by atoms with Gasteiger partial charge in [-0.1, -0.05) is 6.92 Å². The summed E-state index contributed by atoms with van der Waals surface area (Å²) in [4.78, 5) is 0. The Labute approximate surface area is 61.0 Å². The highest BCUT2D eigenvalue weighted by atomic mass is 32.2. The van der Waals surface area contributed by atoms with Crippen molar-refractivity contribution in [2.75, 3.05) is 5.75 Å². The first-order chi connectivity index (χ1) is 3.98. The Morgan fingerprint density at radius 1 is 1.33 bits per heavy atom. The molecule has 0 aromatic carbocycles. The predicted octanol–water partition coefficient (Wildman–Crippen LogP) is 1.94. The predicted molar refractivity (Wildman–Crippen MR) is 43.1 cm³/mol. The lowest BCUT2D eigenvalue weighted by atomic mass is 10.3. The van der Waals surface area contributed by atoms with E-state index in [2.05, 4.69) is 6.92 Å². The largest absolute Gasteiger partial charge is 0.616 e. The molecule has 1 nitrogen and oxygen atoms in total. The van der Waals surface area contributed by atoms with Crippen molar-refractivity contribution in [3.63, 3.8) is 0 Å². The van der Waals surface area contributed by atoms with Crippen LogP contribution in [-0.2, 0) is 11.2 Å². The molecule has 0 aliphatic rings. The van der Waals surface area contributed by atoms with Crippen molar-refractivity contribution in [2.24, 2.45) is 0 Å². The van der Waals surface area contributed by atoms with E-state index < -0.39 is 11.2 Å². The molecule has 9 heavy (non-hydrogen) atoms. The second kappa shape index (κ2) is 3.47. The molecule has 0 fully saturated rings. The van der Waals surface area contributed by atoms with Gasteiger partial charge in [0.2, 0.25) is 0 Å². The summed E-state index contributed by atoms with van der Waals surface area (Å²) < 4.78 is 11.2. The topological polar surface area (TPSA) is 23.1 Å². The molecule has 0 bridgehead atoms. The molecule has 0 aliphatic heterocycles. The zero-order chi connectivity index (χ0) is 7.49. The average molecular weight is 148 g/mol. The normalized spacial score (nSPS) is 15.7. The van der Waals surface area contributed by atoms with Crippen molar-refractivity contribution in [1.82, 2.24) is 0 Å². The van der Waals surface area contributed by atoms with Crippen molar-refractivity contribution in [1.29, 1.82) is 0 Å². The van der Waals surface area contributed by atoms with Gasteiger partial charge in [0.25, 0.3) is 0 Å². The number of hydrogen-bond donors (Lipinski definition) is 0. The lowest BCUT2D eigenvalue weighted by Gasteiger charge is -2.23. The fourth-order valence-corrected chi connectivity index (χ4v) is 1.47. The first-order valence-corrected chi connectivity index (χ1v) is 4.69. The lowest BCUT2D eigenvalue weighted by Crippen LogP contribution is -2.30. The van der Waals surface area contributed by atoms with E-state index >= 15 is 0 Å². The van der Waals surface area contributed by atoms with Gasteiger partial charge in [-0.25, -0.2) is 0 Å². The maximum atomic E-state index is 11.2. The third-order valence-electron chi connectivity index (χ3n) is 1.07. The smallest absolute Gasteiger partial charge is 0.117 e. The minimum atomic E-state index is -0.637. The fourth-order valence-electron chi connectivity index (χ4n) is 0.492. The van der Waals surface area contributed by atoms with Crippen molar-refractivity contribution < 1.29 is 4.55 Å². The molecule has 0 heterocycles. The zero-order valence-electron chi connectivity index (χ0n) is 6.73. The minimum absolute atomic E-state index is 0.0178. The third kappa shape index (κ3) is 3.82. The van der Waals surface area contributed by atoms with Crippen LogP contribution in [0.15, 0.2) is 0 Å². The average Bonchev–Trinajstić information content (AvgIpc) is 1.64. The van der Waals surface area contributed by atoms with Crippen LogP contribution in [0.5, 0.6) is 0 Å². The molecular formula is C7H16OS. The maximum absolute atomic E-state index is 11.2. The first-order valence-electron chi connectivity index (χ1n) is 3.37. The summed E-state index contributed by atoms with van der Waals surface area (Å²) in [6.07, 6.45) is 1.02. The summed E-state index contributed by atoms with van der Waals surface area (Å²) in [5.74, 6) is 0.837. The second-order valence-corrected chi connectivity index (χ2v) is 5.49. The minimum Gasteiger partial charge on any atom is -0.616 e. The molecule has 56 valence electrons. The first kappa shape index (κ1) is 9.31. The summed E-state index contributed by atoms with van der Waals surface area (Å²) >= 11 is -0.637. The summed E-state index contributed by atoms with van der Waals surface area (Å²) in [6, 6.07) is 0. The van der Waals surface area contributed by atoms with E-state index in [1.165, 1.54) is 0 Å². The summed E-state index contributed by atoms with van der Waals surface area (Å²) in [5, 5.41) is 0. The van der Waals surface area contributed by atoms with Gasteiger partial charge in [-0.05, 0) is 38.4 Å². The molecule has 0 rings (SSSR count). The molecule has 0 saturated heterocycles. The molecule has 0 aliphatic carbocycles. The molecule has 1 unspecified atom stereocenters. The summed E-state index contributed by atoms with van der Waals surface area (Å²) in [5.41, 5.74) is 0. The third-order valence-corrected chi connectivity index (χ3v) is 3.22. The molecule has 0 radical (unpaired) electrons. The van der Waals surface area contributed by atoms with E-state index in [1.54, 1.807) is 0 Å². The highest BCUT2D eigenvalue weighted by Crippen LogP contribution is 2.16. The molecule has 2 heteroatoms. The Hall–Kier alpha value is 0.310. The van der Waals surface area contributed by atoms with Crippen molar-refractivity contribution >= 4 is 11.2 Å². The highest BCUT2D eigenvalue weighted by molar-refractivity contribution is 7.92. The SMILES string of the molecule is CCC[S+]([O-])C(C)(C)C. The quantitative estimate of drug-likeness (QED) is 0.549. The van der Waals surface area contributed by atoms with E-state index in [4.69, 9.17) is 0 Å². The van der Waals surface area contributed by atoms with Gasteiger partial charge in [-0.3, -0.25) is 0 Å². The van der Waals surface area contributed by atoms with Crippen molar-refractivity contribution in [3.8, 4) is 0 Å². The van der Waals surface area contributed by atoms with Crippen LogP contribution >= 0.6 is 0 Å². The lowest BCUT2D eigenvalue weighted by molar-refractivity contribution is 0.558. The fraction of sp³-hybridized carbons (Fsp3) is 1.00. The van der Waals surface area contributed by atoms with Gasteiger partial charge in [-0.15, -0.1) is 0 Å². The molecule has 0 amide bonds. The Kier molecular flexibility index (Phi) is 3.59. The van der Waals surface area contributed by atoms with Gasteiger partial charge in [0.1, 0.15) is 10.5 Å². The molecule has 0 aromatic heterocycles. The Bertz CT molecular complexity index is 75.5. The van der Waals surface area contributed by atoms with E-state index in [9.17, 15) is 4.55 Å². The van der Waals surface area contributed by atoms with Crippen LogP contribution in [0.2, 0.25) is 0 Å². The standard InChI is InChI=1S/C7H16OS/c1-5-6-9(8)7(2,3)4/h5-6H2,1-4H3. The summed E-state index contributed by atoms with van der Waals surface area (Å²) in [7, 11) is 0. The van der Waals surface area contributed by atoms with Gasteiger partial charge >= 0.3 is 0 Å². The van der Waals surface area contributed by atoms with Crippen LogP contribution in [0.1, 0.15) is 34.1 Å². The van der Waals surface area contributed by atoms with E-state index in [-0.39, 0.29) is 4.75 Å². The van der Waals surface area contributed by atoms with Crippen LogP contribution in [0.3, 0.4) is 0 Å². The molecule has 0 spiro atoms. The van der Waals surface area contributed by atoms with Crippen LogP contribution in [-0.4, -0.2) is 15.1 Å². The van der Waals surface area contributed by atoms with E-state index in [0.717, 1.165) is 12.2 Å². The summed E-state index contributed by atoms with van der Waals surface area (Å²) in [6.45, 7) is 8.10. The van der Waals surface area contributed by atoms with Crippen molar-refractivity contribution in [2.45, 2.75) is 38.9 Å². The van der Waals surface area contributed by atoms with Gasteiger partial charge < -0.3 is 4.55 Å². The number of rotatable bonds is 2. The van der Waals surface area contributed by atoms with Crippen LogP contribution < -0.4 is 0 Å². The highest BCUT2D eigenvalue weighted by Gasteiger charge is 2.23. The second-order valence-electron chi connectivity index (χ2n) is 3.16. The molecule has 0 N–H and O–H groups in total. The number of hydrogen-bond acceptors (Lipinski definition) is 1. The van der Waals surface area contributed by atoms with E-state index in [0.29, 0.717) is 0 Å². The van der Waals surface area contributed by atoms with Crippen LogP contribution in [0.25, 0.3) is 0 Å². The Morgan fingerprint density at radius 2 is 1.78 bits per heavy atom. The van der Waals surface area contributed by atoms with E-state index in [1.807, 2.05) is 20.8 Å². The van der Waals surface area contributed by atoms with Gasteiger partial charge in [0, 0.05) is 0 Å². The zero-order valence-corrected chi connectivity index (χ0v) is 7.55. The Morgan fingerprint density at radius 3 is 1.89 bits per heavy atom. The Balaban J connectivity index is 3.59. The van der Waals surface area contributed by atoms with Crippen molar-refractivity contribution in [3.05, 3.63) is 0 Å². The van der Waals surface area contributed by atoms with Gasteiger partial charge in [0.05, 0.1) is 0 Å². The monoisotopic (exact) mass is 148 g/mol. The van der Waals surface area contributed by atoms with Gasteiger partial charge in [0.15, 0.2) is 0 Å². The van der Waals surface area contributed by atoms with Crippen LogP contribution in [0.4, 0.5) is 0 Å². The molecule has 0 aromatic rings. The molecular weight excluding hydrogens is 132 g/mol. The maximum Gasteiger partial charge on any atom is 0.117 e. The van der Waals surface area contributed by atoms with Crippen LogP contribution in [0, 0.1) is 0 Å². The molecule has 0 saturated carbocycles. The van der Waals surface area contributed by atoms with Gasteiger partial charge in [-0.2, -0.15) is 0 Å².